The molecule has 8 heteroatoms. The van der Waals surface area contributed by atoms with Crippen molar-refractivity contribution >= 4 is 0 Å². The van der Waals surface area contributed by atoms with Crippen LogP contribution in [0.1, 0.15) is 5.69 Å². The zero-order valence-corrected chi connectivity index (χ0v) is 11.7. The highest BCUT2D eigenvalue weighted by atomic mass is 16.5. The fourth-order valence-corrected chi connectivity index (χ4v) is 2.18. The lowest BCUT2D eigenvalue weighted by Gasteiger charge is -2.03. The molecule has 0 saturated carbocycles. The molecule has 0 atom stereocenters. The van der Waals surface area contributed by atoms with Gasteiger partial charge in [0.15, 0.2) is 5.76 Å². The van der Waals surface area contributed by atoms with Crippen LogP contribution in [-0.2, 0) is 6.54 Å². The zero-order chi connectivity index (χ0) is 15.6. The smallest absolute Gasteiger partial charge is 0.250 e. The molecule has 0 unspecified atom stereocenters. The van der Waals surface area contributed by atoms with Crippen LogP contribution >= 0.6 is 0 Å². The lowest BCUT2D eigenvalue weighted by molar-refractivity contribution is 0.408. The largest absolute Gasteiger partial charge is 0.461 e. The topological polar surface area (TPSA) is 100 Å². The summed E-state index contributed by atoms with van der Waals surface area (Å²) in [6, 6.07) is 8.32. The summed E-state index contributed by atoms with van der Waals surface area (Å²) in [5.41, 5.74) is 1.08. The van der Waals surface area contributed by atoms with E-state index in [2.05, 4.69) is 15.4 Å². The average Bonchev–Trinajstić information content (AvgIpc) is 3.32. The fourth-order valence-electron chi connectivity index (χ4n) is 2.18. The van der Waals surface area contributed by atoms with Crippen molar-refractivity contribution in [2.75, 3.05) is 0 Å². The molecule has 114 valence electrons. The van der Waals surface area contributed by atoms with E-state index in [0.29, 0.717) is 28.7 Å². The summed E-state index contributed by atoms with van der Waals surface area (Å²) >= 11 is 0. The molecule has 0 N–H and O–H groups in total. The van der Waals surface area contributed by atoms with Crippen LogP contribution in [0.25, 0.3) is 23.0 Å². The molecule has 0 amide bonds. The quantitative estimate of drug-likeness (QED) is 0.569. The van der Waals surface area contributed by atoms with Crippen LogP contribution in [0.2, 0.25) is 0 Å². The summed E-state index contributed by atoms with van der Waals surface area (Å²) in [6.45, 7) is 0.255. The maximum absolute atomic E-state index is 12.0. The van der Waals surface area contributed by atoms with E-state index in [1.807, 2.05) is 0 Å². The third-order valence-electron chi connectivity index (χ3n) is 3.25. The van der Waals surface area contributed by atoms with Gasteiger partial charge in [0.1, 0.15) is 5.69 Å². The van der Waals surface area contributed by atoms with Crippen LogP contribution in [0, 0.1) is 0 Å². The predicted molar refractivity (Wildman–Crippen MR) is 77.3 cm³/mol. The van der Waals surface area contributed by atoms with Crippen molar-refractivity contribution in [3.63, 3.8) is 0 Å². The van der Waals surface area contributed by atoms with E-state index in [9.17, 15) is 4.79 Å². The normalized spacial score (nSPS) is 11.0. The van der Waals surface area contributed by atoms with Gasteiger partial charge in [-0.3, -0.25) is 4.79 Å². The Morgan fingerprint density at radius 3 is 2.87 bits per heavy atom. The van der Waals surface area contributed by atoms with Crippen molar-refractivity contribution in [3.05, 3.63) is 65.2 Å². The molecule has 0 aliphatic carbocycles. The molecular weight excluding hydrogens is 300 g/mol. The van der Waals surface area contributed by atoms with Crippen molar-refractivity contribution < 1.29 is 13.4 Å². The van der Waals surface area contributed by atoms with Crippen LogP contribution in [0.4, 0.5) is 0 Å². The Morgan fingerprint density at radius 1 is 1.13 bits per heavy atom. The standard InChI is InChI=1S/C15H10N4O4/c20-14-4-3-10(15-17-16-9-22-15)7-19(14)8-11-6-13(23-18-11)12-2-1-5-21-12/h1-7,9H,8H2. The molecule has 0 spiro atoms. The van der Waals surface area contributed by atoms with Crippen molar-refractivity contribution in [1.82, 2.24) is 19.9 Å². The summed E-state index contributed by atoms with van der Waals surface area (Å²) in [4.78, 5) is 12.0. The Labute approximate surface area is 129 Å². The lowest BCUT2D eigenvalue weighted by Crippen LogP contribution is -2.19. The van der Waals surface area contributed by atoms with Crippen molar-refractivity contribution in [2.24, 2.45) is 0 Å². The van der Waals surface area contributed by atoms with Crippen molar-refractivity contribution in [3.8, 4) is 23.0 Å². The minimum Gasteiger partial charge on any atom is -0.461 e. The van der Waals surface area contributed by atoms with Crippen LogP contribution in [0.3, 0.4) is 0 Å². The van der Waals surface area contributed by atoms with E-state index in [-0.39, 0.29) is 12.1 Å². The molecule has 0 aliphatic rings. The van der Waals surface area contributed by atoms with Crippen LogP contribution in [0.15, 0.2) is 67.3 Å². The van der Waals surface area contributed by atoms with E-state index in [0.717, 1.165) is 0 Å². The molecule has 23 heavy (non-hydrogen) atoms. The highest BCUT2D eigenvalue weighted by Gasteiger charge is 2.11. The third kappa shape index (κ3) is 2.57. The van der Waals surface area contributed by atoms with Crippen LogP contribution in [-0.4, -0.2) is 19.9 Å². The molecule has 8 nitrogen and oxygen atoms in total. The molecule has 0 bridgehead atoms. The van der Waals surface area contributed by atoms with Gasteiger partial charge in [-0.15, -0.1) is 10.2 Å². The molecule has 0 radical (unpaired) electrons. The predicted octanol–water partition coefficient (Wildman–Crippen LogP) is 2.19. The van der Waals surface area contributed by atoms with E-state index in [4.69, 9.17) is 13.4 Å². The number of aromatic nitrogens is 4. The van der Waals surface area contributed by atoms with Crippen LogP contribution < -0.4 is 5.56 Å². The average molecular weight is 310 g/mol. The number of furan rings is 1. The number of pyridine rings is 1. The van der Waals surface area contributed by atoms with Gasteiger partial charge < -0.3 is 17.9 Å². The van der Waals surface area contributed by atoms with E-state index < -0.39 is 0 Å². The molecule has 4 aromatic rings. The number of hydrogen-bond donors (Lipinski definition) is 0. The van der Waals surface area contributed by atoms with Gasteiger partial charge in [0.05, 0.1) is 18.4 Å². The third-order valence-corrected chi connectivity index (χ3v) is 3.25. The summed E-state index contributed by atoms with van der Waals surface area (Å²) in [7, 11) is 0. The second kappa shape index (κ2) is 5.41. The molecule has 0 aliphatic heterocycles. The molecule has 4 aromatic heterocycles. The van der Waals surface area contributed by atoms with Gasteiger partial charge >= 0.3 is 0 Å². The molecule has 0 saturated heterocycles. The first kappa shape index (κ1) is 13.3. The van der Waals surface area contributed by atoms with Gasteiger partial charge in [0.25, 0.3) is 5.56 Å². The number of rotatable bonds is 4. The van der Waals surface area contributed by atoms with Gasteiger partial charge in [-0.1, -0.05) is 5.16 Å². The van der Waals surface area contributed by atoms with Gasteiger partial charge in [0, 0.05) is 18.3 Å². The van der Waals surface area contributed by atoms with Gasteiger partial charge in [0.2, 0.25) is 18.0 Å². The highest BCUT2D eigenvalue weighted by Crippen LogP contribution is 2.21. The maximum atomic E-state index is 12.0. The second-order valence-corrected chi connectivity index (χ2v) is 4.79. The molecule has 4 rings (SSSR count). The monoisotopic (exact) mass is 310 g/mol. The number of hydrogen-bond acceptors (Lipinski definition) is 7. The molecule has 4 heterocycles. The summed E-state index contributed by atoms with van der Waals surface area (Å²) in [5, 5.41) is 11.4. The molecular formula is C15H10N4O4. The van der Waals surface area contributed by atoms with E-state index in [1.54, 1.807) is 36.7 Å². The highest BCUT2D eigenvalue weighted by molar-refractivity contribution is 5.51. The zero-order valence-electron chi connectivity index (χ0n) is 11.7. The molecule has 0 fully saturated rings. The number of nitrogens with zero attached hydrogens (tertiary/aromatic N) is 4. The first-order valence-electron chi connectivity index (χ1n) is 6.76. The summed E-state index contributed by atoms with van der Waals surface area (Å²) < 4.78 is 17.1. The van der Waals surface area contributed by atoms with Gasteiger partial charge in [-0.2, -0.15) is 0 Å². The maximum Gasteiger partial charge on any atom is 0.250 e. The Bertz CT molecular complexity index is 967. The SMILES string of the molecule is O=c1ccc(-c2nnco2)cn1Cc1cc(-c2ccco2)on1. The van der Waals surface area contributed by atoms with E-state index in [1.165, 1.54) is 17.0 Å². The summed E-state index contributed by atoms with van der Waals surface area (Å²) in [5.74, 6) is 1.43. The molecule has 0 aromatic carbocycles. The fraction of sp³-hybridized carbons (Fsp3) is 0.0667. The van der Waals surface area contributed by atoms with E-state index >= 15 is 0 Å². The minimum atomic E-state index is -0.171. The first-order chi connectivity index (χ1) is 11.3. The first-order valence-corrected chi connectivity index (χ1v) is 6.76. The van der Waals surface area contributed by atoms with Crippen LogP contribution in [0.5, 0.6) is 0 Å². The summed E-state index contributed by atoms with van der Waals surface area (Å²) in [6.07, 6.45) is 4.42. The van der Waals surface area contributed by atoms with Gasteiger partial charge in [-0.25, -0.2) is 0 Å². The lowest BCUT2D eigenvalue weighted by atomic mass is 10.2. The van der Waals surface area contributed by atoms with Crippen molar-refractivity contribution in [1.29, 1.82) is 0 Å². The Hall–Kier alpha value is -3.42. The second-order valence-electron chi connectivity index (χ2n) is 4.79. The Kier molecular flexibility index (Phi) is 3.12. The van der Waals surface area contributed by atoms with Gasteiger partial charge in [-0.05, 0) is 18.2 Å². The van der Waals surface area contributed by atoms with Crippen molar-refractivity contribution in [2.45, 2.75) is 6.54 Å². The Morgan fingerprint density at radius 2 is 2.09 bits per heavy atom. The minimum absolute atomic E-state index is 0.171. The Balaban J connectivity index is 1.64.